The summed E-state index contributed by atoms with van der Waals surface area (Å²) in [6.45, 7) is 2.85. The lowest BCUT2D eigenvalue weighted by Gasteiger charge is -2.20. The molecule has 1 amide bonds. The van der Waals surface area contributed by atoms with E-state index in [1.807, 2.05) is 6.92 Å². The van der Waals surface area contributed by atoms with E-state index < -0.39 is 0 Å². The molecule has 0 radical (unpaired) electrons. The van der Waals surface area contributed by atoms with Gasteiger partial charge >= 0.3 is 0 Å². The van der Waals surface area contributed by atoms with E-state index in [4.69, 9.17) is 5.84 Å². The van der Waals surface area contributed by atoms with Crippen LogP contribution >= 0.6 is 0 Å². The Balaban J connectivity index is 2.81. The minimum Gasteiger partial charge on any atom is -0.358 e. The molecule has 7 nitrogen and oxygen atoms in total. The van der Waals surface area contributed by atoms with E-state index in [2.05, 4.69) is 20.7 Å². The number of carbonyl (C=O) groups excluding carboxylic acids is 1. The molecule has 4 N–H and O–H groups in total. The average Bonchev–Trinajstić information content (AvgIpc) is 2.35. The first-order valence-electron chi connectivity index (χ1n) is 4.95. The Bertz CT molecular complexity index is 356. The third-order valence-electron chi connectivity index (χ3n) is 2.09. The van der Waals surface area contributed by atoms with Gasteiger partial charge in [0.2, 0.25) is 5.91 Å². The second kappa shape index (κ2) is 5.86. The maximum absolute atomic E-state index is 11.3. The minimum atomic E-state index is -0.0743. The second-order valence-corrected chi connectivity index (χ2v) is 3.09. The summed E-state index contributed by atoms with van der Waals surface area (Å²) in [6.07, 6.45) is 3.10. The van der Waals surface area contributed by atoms with Crippen molar-refractivity contribution in [2.45, 2.75) is 6.92 Å². The fourth-order valence-electron chi connectivity index (χ4n) is 1.18. The van der Waals surface area contributed by atoms with E-state index in [9.17, 15) is 4.79 Å². The van der Waals surface area contributed by atoms with Crippen LogP contribution in [0.15, 0.2) is 12.4 Å². The van der Waals surface area contributed by atoms with E-state index in [0.717, 1.165) is 0 Å². The highest BCUT2D eigenvalue weighted by Crippen LogP contribution is 2.10. The summed E-state index contributed by atoms with van der Waals surface area (Å²) in [6, 6.07) is 0. The van der Waals surface area contributed by atoms with Crippen LogP contribution in [0.2, 0.25) is 0 Å². The molecule has 0 aliphatic carbocycles. The number of hydrogen-bond acceptors (Lipinski definition) is 6. The van der Waals surface area contributed by atoms with Crippen molar-refractivity contribution in [1.82, 2.24) is 15.3 Å². The number of hydrogen-bond donors (Lipinski definition) is 3. The number of hydrazine groups is 1. The quantitative estimate of drug-likeness (QED) is 0.453. The third kappa shape index (κ3) is 3.06. The molecule has 0 saturated heterocycles. The van der Waals surface area contributed by atoms with Crippen LogP contribution < -0.4 is 21.5 Å². The molecule has 0 aliphatic rings. The summed E-state index contributed by atoms with van der Waals surface area (Å²) in [5.74, 6) is 6.24. The van der Waals surface area contributed by atoms with Gasteiger partial charge in [-0.15, -0.1) is 0 Å². The number of likely N-dealkylation sites (N-methyl/N-ethyl adjacent to an activating group) is 2. The van der Waals surface area contributed by atoms with Crippen LogP contribution in [0.5, 0.6) is 0 Å². The van der Waals surface area contributed by atoms with Crippen LogP contribution in [0.1, 0.15) is 6.92 Å². The number of carbonyl (C=O) groups is 1. The van der Waals surface area contributed by atoms with Crippen LogP contribution in [0.3, 0.4) is 0 Å². The molecular weight excluding hydrogens is 208 g/mol. The van der Waals surface area contributed by atoms with Crippen molar-refractivity contribution in [3.63, 3.8) is 0 Å². The highest BCUT2D eigenvalue weighted by Gasteiger charge is 2.10. The summed E-state index contributed by atoms with van der Waals surface area (Å²) < 4.78 is 0. The number of rotatable bonds is 5. The van der Waals surface area contributed by atoms with Crippen LogP contribution in [-0.2, 0) is 4.79 Å². The van der Waals surface area contributed by atoms with E-state index in [0.29, 0.717) is 18.2 Å². The molecule has 16 heavy (non-hydrogen) atoms. The Morgan fingerprint density at radius 1 is 1.56 bits per heavy atom. The summed E-state index contributed by atoms with van der Waals surface area (Å²) >= 11 is 0. The molecule has 0 aromatic carbocycles. The molecule has 1 rings (SSSR count). The van der Waals surface area contributed by atoms with Crippen molar-refractivity contribution in [2.24, 2.45) is 5.84 Å². The number of amides is 1. The number of anilines is 2. The third-order valence-corrected chi connectivity index (χ3v) is 2.09. The summed E-state index contributed by atoms with van der Waals surface area (Å²) in [5, 5.41) is 2.56. The molecule has 1 aromatic rings. The Labute approximate surface area is 94.0 Å². The summed E-state index contributed by atoms with van der Waals surface area (Å²) in [7, 11) is 1.60. The Morgan fingerprint density at radius 2 is 2.31 bits per heavy atom. The Hall–Kier alpha value is -1.89. The highest BCUT2D eigenvalue weighted by atomic mass is 16.1. The predicted octanol–water partition coefficient (Wildman–Crippen LogP) is -0.665. The fraction of sp³-hybridized carbons (Fsp3) is 0.444. The maximum atomic E-state index is 11.3. The molecule has 7 heteroatoms. The van der Waals surface area contributed by atoms with Gasteiger partial charge in [-0.3, -0.25) is 9.78 Å². The average molecular weight is 224 g/mol. The van der Waals surface area contributed by atoms with Gasteiger partial charge in [0.25, 0.3) is 0 Å². The largest absolute Gasteiger partial charge is 0.358 e. The number of aromatic nitrogens is 2. The first-order valence-corrected chi connectivity index (χ1v) is 4.95. The predicted molar refractivity (Wildman–Crippen MR) is 61.8 cm³/mol. The van der Waals surface area contributed by atoms with Gasteiger partial charge in [0.1, 0.15) is 5.82 Å². The standard InChI is InChI=1S/C9H16N6O/c1-3-15(6-9(16)11-2)8-5-12-4-7(13-8)14-10/h4-5H,3,6,10H2,1-2H3,(H,11,16)(H,13,14). The van der Waals surface area contributed by atoms with Crippen molar-refractivity contribution in [3.8, 4) is 0 Å². The van der Waals surface area contributed by atoms with E-state index >= 15 is 0 Å². The van der Waals surface area contributed by atoms with Gasteiger partial charge in [0.15, 0.2) is 5.82 Å². The van der Waals surface area contributed by atoms with Gasteiger partial charge in [-0.25, -0.2) is 10.8 Å². The lowest BCUT2D eigenvalue weighted by atomic mass is 10.4. The van der Waals surface area contributed by atoms with Crippen molar-refractivity contribution in [3.05, 3.63) is 12.4 Å². The lowest BCUT2D eigenvalue weighted by molar-refractivity contribution is -0.119. The second-order valence-electron chi connectivity index (χ2n) is 3.09. The van der Waals surface area contributed by atoms with Gasteiger partial charge in [-0.1, -0.05) is 0 Å². The van der Waals surface area contributed by atoms with Crippen molar-refractivity contribution in [1.29, 1.82) is 0 Å². The zero-order valence-electron chi connectivity index (χ0n) is 9.40. The van der Waals surface area contributed by atoms with Crippen LogP contribution in [0, 0.1) is 0 Å². The monoisotopic (exact) mass is 224 g/mol. The molecule has 0 atom stereocenters. The number of nitrogen functional groups attached to an aromatic ring is 1. The molecule has 1 aromatic heterocycles. The van der Waals surface area contributed by atoms with Gasteiger partial charge in [-0.2, -0.15) is 0 Å². The van der Waals surface area contributed by atoms with Gasteiger partial charge in [-0.05, 0) is 6.92 Å². The van der Waals surface area contributed by atoms with E-state index in [1.54, 1.807) is 18.1 Å². The van der Waals surface area contributed by atoms with E-state index in [1.165, 1.54) is 6.20 Å². The number of nitrogens with two attached hydrogens (primary N) is 1. The topological polar surface area (TPSA) is 96.2 Å². The van der Waals surface area contributed by atoms with Crippen LogP contribution in [0.4, 0.5) is 11.6 Å². The molecular formula is C9H16N6O. The molecule has 0 bridgehead atoms. The maximum Gasteiger partial charge on any atom is 0.239 e. The van der Waals surface area contributed by atoms with Crippen LogP contribution in [-0.4, -0.2) is 36.0 Å². The van der Waals surface area contributed by atoms with Crippen LogP contribution in [0.25, 0.3) is 0 Å². The first kappa shape index (κ1) is 12.2. The molecule has 1 heterocycles. The highest BCUT2D eigenvalue weighted by molar-refractivity contribution is 5.80. The fourth-order valence-corrected chi connectivity index (χ4v) is 1.18. The van der Waals surface area contributed by atoms with Crippen molar-refractivity contribution in [2.75, 3.05) is 30.5 Å². The summed E-state index contributed by atoms with van der Waals surface area (Å²) in [5.41, 5.74) is 2.41. The molecule has 0 saturated carbocycles. The molecule has 0 spiro atoms. The number of nitrogens with zero attached hydrogens (tertiary/aromatic N) is 3. The van der Waals surface area contributed by atoms with Gasteiger partial charge in [0.05, 0.1) is 18.9 Å². The van der Waals surface area contributed by atoms with Crippen molar-refractivity contribution >= 4 is 17.5 Å². The number of nitrogens with one attached hydrogen (secondary N) is 2. The molecule has 0 unspecified atom stereocenters. The van der Waals surface area contributed by atoms with Gasteiger partial charge in [0, 0.05) is 13.6 Å². The smallest absolute Gasteiger partial charge is 0.239 e. The van der Waals surface area contributed by atoms with Gasteiger partial charge < -0.3 is 15.6 Å². The molecule has 88 valence electrons. The SMILES string of the molecule is CCN(CC(=O)NC)c1cncc(NN)n1. The lowest BCUT2D eigenvalue weighted by Crippen LogP contribution is -2.36. The van der Waals surface area contributed by atoms with E-state index in [-0.39, 0.29) is 12.5 Å². The zero-order valence-corrected chi connectivity index (χ0v) is 9.40. The molecule has 0 aliphatic heterocycles. The summed E-state index contributed by atoms with van der Waals surface area (Å²) in [4.78, 5) is 21.2. The normalized spacial score (nSPS) is 9.69. The molecule has 0 fully saturated rings. The Kier molecular flexibility index (Phi) is 4.46. The zero-order chi connectivity index (χ0) is 12.0. The van der Waals surface area contributed by atoms with Crippen molar-refractivity contribution < 1.29 is 4.79 Å². The minimum absolute atomic E-state index is 0.0743. The first-order chi connectivity index (χ1) is 7.71. The Morgan fingerprint density at radius 3 is 2.88 bits per heavy atom.